The Balaban J connectivity index is 2.11. The molecule has 2 nitrogen and oxygen atoms in total. The van der Waals surface area contributed by atoms with Gasteiger partial charge in [-0.15, -0.1) is 0 Å². The molecule has 0 spiro atoms. The quantitative estimate of drug-likeness (QED) is 0.898. The Bertz CT molecular complexity index is 617. The number of ether oxygens (including phenoxy) is 1. The van der Waals surface area contributed by atoms with Crippen molar-refractivity contribution >= 4 is 15.9 Å². The van der Waals surface area contributed by atoms with Crippen LogP contribution in [0, 0.1) is 11.6 Å². The second-order valence-electron chi connectivity index (χ2n) is 4.50. The SMILES string of the molecule is C[C@H](N)c1ccc(OCc2cc(Br)ccc2F)cc1F. The van der Waals surface area contributed by atoms with Crippen LogP contribution in [-0.4, -0.2) is 0 Å². The van der Waals surface area contributed by atoms with Gasteiger partial charge in [-0.25, -0.2) is 8.78 Å². The van der Waals surface area contributed by atoms with Gasteiger partial charge in [0.15, 0.2) is 0 Å². The summed E-state index contributed by atoms with van der Waals surface area (Å²) in [7, 11) is 0. The van der Waals surface area contributed by atoms with Crippen molar-refractivity contribution in [3.63, 3.8) is 0 Å². The van der Waals surface area contributed by atoms with Gasteiger partial charge < -0.3 is 10.5 Å². The van der Waals surface area contributed by atoms with E-state index in [1.807, 2.05) is 0 Å². The van der Waals surface area contributed by atoms with Crippen LogP contribution in [0.4, 0.5) is 8.78 Å². The molecule has 106 valence electrons. The Morgan fingerprint density at radius 3 is 2.55 bits per heavy atom. The maximum atomic E-state index is 13.7. The number of benzene rings is 2. The van der Waals surface area contributed by atoms with E-state index in [4.69, 9.17) is 10.5 Å². The normalized spacial score (nSPS) is 12.2. The summed E-state index contributed by atoms with van der Waals surface area (Å²) in [5.41, 5.74) is 6.45. The minimum Gasteiger partial charge on any atom is -0.489 e. The highest BCUT2D eigenvalue weighted by atomic mass is 79.9. The number of halogens is 3. The molecular weight excluding hydrogens is 328 g/mol. The number of hydrogen-bond acceptors (Lipinski definition) is 2. The van der Waals surface area contributed by atoms with Gasteiger partial charge in [0.1, 0.15) is 24.0 Å². The second-order valence-corrected chi connectivity index (χ2v) is 5.41. The van der Waals surface area contributed by atoms with Gasteiger partial charge in [-0.3, -0.25) is 0 Å². The highest BCUT2D eigenvalue weighted by Gasteiger charge is 2.09. The van der Waals surface area contributed by atoms with Crippen molar-refractivity contribution in [2.75, 3.05) is 0 Å². The third-order valence-electron chi connectivity index (χ3n) is 2.86. The molecule has 0 unspecified atom stereocenters. The van der Waals surface area contributed by atoms with Gasteiger partial charge in [0.25, 0.3) is 0 Å². The molecule has 0 amide bonds. The van der Waals surface area contributed by atoms with Gasteiger partial charge in [0, 0.05) is 27.7 Å². The van der Waals surface area contributed by atoms with Gasteiger partial charge in [-0.05, 0) is 31.2 Å². The molecule has 2 aromatic carbocycles. The van der Waals surface area contributed by atoms with Crippen molar-refractivity contribution in [3.8, 4) is 5.75 Å². The predicted octanol–water partition coefficient (Wildman–Crippen LogP) is 4.33. The first-order chi connectivity index (χ1) is 9.47. The molecule has 0 aliphatic carbocycles. The standard InChI is InChI=1S/C15H14BrF2NO/c1-9(19)13-4-3-12(7-15(13)18)20-8-10-6-11(16)2-5-14(10)17/h2-7,9H,8,19H2,1H3/t9-/m0/s1. The average Bonchev–Trinajstić information content (AvgIpc) is 2.39. The number of hydrogen-bond donors (Lipinski definition) is 1. The molecule has 0 radical (unpaired) electrons. The van der Waals surface area contributed by atoms with Crippen LogP contribution in [-0.2, 0) is 6.61 Å². The lowest BCUT2D eigenvalue weighted by molar-refractivity contribution is 0.298. The molecule has 0 bridgehead atoms. The fourth-order valence-corrected chi connectivity index (χ4v) is 2.19. The molecule has 0 saturated carbocycles. The van der Waals surface area contributed by atoms with E-state index in [1.165, 1.54) is 12.1 Å². The summed E-state index contributed by atoms with van der Waals surface area (Å²) in [5.74, 6) is -0.445. The van der Waals surface area contributed by atoms with E-state index in [-0.39, 0.29) is 18.5 Å². The zero-order chi connectivity index (χ0) is 14.7. The van der Waals surface area contributed by atoms with Crippen molar-refractivity contribution in [2.24, 2.45) is 5.73 Å². The van der Waals surface area contributed by atoms with Gasteiger partial charge >= 0.3 is 0 Å². The number of nitrogens with two attached hydrogens (primary N) is 1. The third-order valence-corrected chi connectivity index (χ3v) is 3.36. The molecule has 0 heterocycles. The summed E-state index contributed by atoms with van der Waals surface area (Å²) in [4.78, 5) is 0. The first kappa shape index (κ1) is 14.9. The molecule has 2 aromatic rings. The topological polar surface area (TPSA) is 35.2 Å². The van der Waals surface area contributed by atoms with Crippen molar-refractivity contribution in [3.05, 3.63) is 63.6 Å². The first-order valence-electron chi connectivity index (χ1n) is 6.09. The first-order valence-corrected chi connectivity index (χ1v) is 6.88. The minimum atomic E-state index is -0.424. The summed E-state index contributed by atoms with van der Waals surface area (Å²) in [5, 5.41) is 0. The monoisotopic (exact) mass is 341 g/mol. The summed E-state index contributed by atoms with van der Waals surface area (Å²) < 4.78 is 33.4. The maximum Gasteiger partial charge on any atom is 0.131 e. The second kappa shape index (κ2) is 6.33. The lowest BCUT2D eigenvalue weighted by Gasteiger charge is -2.11. The Morgan fingerprint density at radius 1 is 1.15 bits per heavy atom. The molecule has 0 fully saturated rings. The molecule has 2 rings (SSSR count). The van der Waals surface area contributed by atoms with Gasteiger partial charge in [-0.2, -0.15) is 0 Å². The highest BCUT2D eigenvalue weighted by Crippen LogP contribution is 2.22. The van der Waals surface area contributed by atoms with Crippen molar-refractivity contribution in [2.45, 2.75) is 19.6 Å². The molecule has 0 aromatic heterocycles. The molecule has 0 aliphatic heterocycles. The van der Waals surface area contributed by atoms with Crippen LogP contribution < -0.4 is 10.5 Å². The fourth-order valence-electron chi connectivity index (χ4n) is 1.78. The zero-order valence-electron chi connectivity index (χ0n) is 10.9. The molecule has 2 N–H and O–H groups in total. The van der Waals surface area contributed by atoms with Crippen LogP contribution >= 0.6 is 15.9 Å². The zero-order valence-corrected chi connectivity index (χ0v) is 12.5. The summed E-state index contributed by atoms with van der Waals surface area (Å²) in [6.07, 6.45) is 0. The smallest absolute Gasteiger partial charge is 0.131 e. The summed E-state index contributed by atoms with van der Waals surface area (Å²) >= 11 is 3.26. The predicted molar refractivity (Wildman–Crippen MR) is 77.4 cm³/mol. The average molecular weight is 342 g/mol. The van der Waals surface area contributed by atoms with Gasteiger partial charge in [-0.1, -0.05) is 22.0 Å². The molecular formula is C15H14BrF2NO. The van der Waals surface area contributed by atoms with Crippen molar-refractivity contribution in [1.29, 1.82) is 0 Å². The Labute approximate surface area is 124 Å². The minimum absolute atomic E-state index is 0.0300. The Hall–Kier alpha value is -1.46. The molecule has 5 heteroatoms. The third kappa shape index (κ3) is 3.55. The largest absolute Gasteiger partial charge is 0.489 e. The maximum absolute atomic E-state index is 13.7. The fraction of sp³-hybridized carbons (Fsp3) is 0.200. The summed E-state index contributed by atoms with van der Waals surface area (Å²) in [6.45, 7) is 1.73. The van der Waals surface area contributed by atoms with E-state index in [2.05, 4.69) is 15.9 Å². The molecule has 0 aliphatic rings. The van der Waals surface area contributed by atoms with Crippen molar-refractivity contribution < 1.29 is 13.5 Å². The Kier molecular flexibility index (Phi) is 4.73. The summed E-state index contributed by atoms with van der Waals surface area (Å²) in [6, 6.07) is 8.66. The number of rotatable bonds is 4. The van der Waals surface area contributed by atoms with Gasteiger partial charge in [0.2, 0.25) is 0 Å². The van der Waals surface area contributed by atoms with Crippen LogP contribution in [0.1, 0.15) is 24.1 Å². The van der Waals surface area contributed by atoms with Crippen molar-refractivity contribution in [1.82, 2.24) is 0 Å². The van der Waals surface area contributed by atoms with E-state index >= 15 is 0 Å². The van der Waals surface area contributed by atoms with Crippen LogP contribution in [0.15, 0.2) is 40.9 Å². The van der Waals surface area contributed by atoms with Crippen LogP contribution in [0.2, 0.25) is 0 Å². The van der Waals surface area contributed by atoms with E-state index in [0.717, 1.165) is 4.47 Å². The van der Waals surface area contributed by atoms with Crippen LogP contribution in [0.5, 0.6) is 5.75 Å². The van der Waals surface area contributed by atoms with E-state index in [0.29, 0.717) is 16.9 Å². The van der Waals surface area contributed by atoms with Crippen LogP contribution in [0.25, 0.3) is 0 Å². The van der Waals surface area contributed by atoms with E-state index in [9.17, 15) is 8.78 Å². The molecule has 0 saturated heterocycles. The van der Waals surface area contributed by atoms with E-state index in [1.54, 1.807) is 31.2 Å². The highest BCUT2D eigenvalue weighted by molar-refractivity contribution is 9.10. The molecule has 1 atom stereocenters. The Morgan fingerprint density at radius 2 is 1.90 bits per heavy atom. The lowest BCUT2D eigenvalue weighted by Crippen LogP contribution is -2.07. The van der Waals surface area contributed by atoms with Crippen LogP contribution in [0.3, 0.4) is 0 Å². The lowest BCUT2D eigenvalue weighted by atomic mass is 10.1. The molecule has 20 heavy (non-hydrogen) atoms. The van der Waals surface area contributed by atoms with Gasteiger partial charge in [0.05, 0.1) is 0 Å². The van der Waals surface area contributed by atoms with E-state index < -0.39 is 5.82 Å².